The summed E-state index contributed by atoms with van der Waals surface area (Å²) in [5.41, 5.74) is 0.925. The third-order valence-electron chi connectivity index (χ3n) is 2.06. The molecule has 2 rings (SSSR count). The van der Waals surface area contributed by atoms with Gasteiger partial charge in [-0.05, 0) is 22.3 Å². The number of phenolic OH excluding ortho intramolecular Hbond substituents is 1. The Morgan fingerprint density at radius 2 is 1.58 bits per heavy atom. The van der Waals surface area contributed by atoms with Crippen LogP contribution in [0, 0.1) is 0 Å². The molecule has 0 amide bonds. The number of benzene rings is 2. The number of aromatic hydroxyl groups is 1. The Bertz CT molecular complexity index is 383. The number of hydrogen-bond donors (Lipinski definition) is 1. The Kier molecular flexibility index (Phi) is 1.54. The second-order valence-electron chi connectivity index (χ2n) is 2.99. The summed E-state index contributed by atoms with van der Waals surface area (Å²) in [6.07, 6.45) is 0. The van der Waals surface area contributed by atoms with E-state index in [1.54, 1.807) is 6.07 Å². The van der Waals surface area contributed by atoms with Gasteiger partial charge in [-0.2, -0.15) is 0 Å². The van der Waals surface area contributed by atoms with Gasteiger partial charge in [-0.15, -0.1) is 0 Å². The zero-order valence-corrected chi connectivity index (χ0v) is 6.91. The van der Waals surface area contributed by atoms with Gasteiger partial charge in [0.05, 0.1) is 0 Å². The zero-order chi connectivity index (χ0) is 8.55. The molecule has 2 aromatic rings. The lowest BCUT2D eigenvalue weighted by molar-refractivity contribution is 0.480. The SMILES string of the molecule is Bc1cc2ccccc2cc1O. The van der Waals surface area contributed by atoms with Crippen LogP contribution in [0.3, 0.4) is 0 Å². The molecule has 0 heterocycles. The predicted molar refractivity (Wildman–Crippen MR) is 53.8 cm³/mol. The second-order valence-corrected chi connectivity index (χ2v) is 2.99. The van der Waals surface area contributed by atoms with Gasteiger partial charge in [0.2, 0.25) is 0 Å². The molecule has 0 aliphatic rings. The molecule has 1 N–H and O–H groups in total. The second kappa shape index (κ2) is 2.56. The van der Waals surface area contributed by atoms with Crippen LogP contribution in [0.25, 0.3) is 10.8 Å². The highest BCUT2D eigenvalue weighted by Crippen LogP contribution is 2.16. The van der Waals surface area contributed by atoms with Gasteiger partial charge in [0, 0.05) is 0 Å². The van der Waals surface area contributed by atoms with E-state index in [0.717, 1.165) is 10.8 Å². The van der Waals surface area contributed by atoms with Gasteiger partial charge in [0.15, 0.2) is 0 Å². The number of fused-ring (bicyclic) bond motifs is 1. The summed E-state index contributed by atoms with van der Waals surface area (Å²) in [5.74, 6) is 0.369. The van der Waals surface area contributed by atoms with Crippen LogP contribution in [-0.2, 0) is 0 Å². The van der Waals surface area contributed by atoms with E-state index in [-0.39, 0.29) is 0 Å². The number of rotatable bonds is 0. The number of hydrogen-bond acceptors (Lipinski definition) is 1. The molecule has 0 aliphatic heterocycles. The quantitative estimate of drug-likeness (QED) is 0.559. The van der Waals surface area contributed by atoms with E-state index in [1.807, 2.05) is 38.2 Å². The summed E-state index contributed by atoms with van der Waals surface area (Å²) in [5, 5.41) is 11.7. The van der Waals surface area contributed by atoms with Crippen molar-refractivity contribution in [2.75, 3.05) is 0 Å². The van der Waals surface area contributed by atoms with Gasteiger partial charge >= 0.3 is 0 Å². The van der Waals surface area contributed by atoms with E-state index in [1.165, 1.54) is 5.39 Å². The first-order chi connectivity index (χ1) is 5.77. The zero-order valence-electron chi connectivity index (χ0n) is 6.91. The standard InChI is InChI=1S/C10H9BO/c11-9-5-7-3-1-2-4-8(7)6-10(9)12/h1-6,12H,11H2. The highest BCUT2D eigenvalue weighted by molar-refractivity contribution is 6.35. The minimum absolute atomic E-state index is 0.369. The van der Waals surface area contributed by atoms with Crippen molar-refractivity contribution in [1.82, 2.24) is 0 Å². The molecule has 0 saturated carbocycles. The molecule has 2 aromatic carbocycles. The molecule has 58 valence electrons. The Morgan fingerprint density at radius 1 is 1.00 bits per heavy atom. The van der Waals surface area contributed by atoms with E-state index in [2.05, 4.69) is 0 Å². The van der Waals surface area contributed by atoms with Crippen LogP contribution >= 0.6 is 0 Å². The van der Waals surface area contributed by atoms with Crippen LogP contribution in [0.2, 0.25) is 0 Å². The molecule has 0 fully saturated rings. The lowest BCUT2D eigenvalue weighted by Gasteiger charge is -2.01. The predicted octanol–water partition coefficient (Wildman–Crippen LogP) is 0.804. The monoisotopic (exact) mass is 156 g/mol. The lowest BCUT2D eigenvalue weighted by atomic mass is 9.92. The van der Waals surface area contributed by atoms with Gasteiger partial charge in [0.1, 0.15) is 13.6 Å². The van der Waals surface area contributed by atoms with Gasteiger partial charge in [0.25, 0.3) is 0 Å². The molecular formula is C10H9BO. The Hall–Kier alpha value is -1.44. The average molecular weight is 156 g/mol. The van der Waals surface area contributed by atoms with Crippen LogP contribution in [-0.4, -0.2) is 13.0 Å². The molecule has 0 bridgehead atoms. The van der Waals surface area contributed by atoms with Gasteiger partial charge < -0.3 is 5.11 Å². The maximum atomic E-state index is 9.42. The molecule has 0 spiro atoms. The maximum absolute atomic E-state index is 9.42. The number of phenols is 1. The molecule has 2 heteroatoms. The third kappa shape index (κ3) is 1.05. The Labute approximate surface area is 72.1 Å². The molecule has 0 unspecified atom stereocenters. The highest BCUT2D eigenvalue weighted by Gasteiger charge is 1.97. The summed E-state index contributed by atoms with van der Waals surface area (Å²) < 4.78 is 0. The van der Waals surface area contributed by atoms with E-state index in [0.29, 0.717) is 5.75 Å². The maximum Gasteiger partial charge on any atom is 0.144 e. The van der Waals surface area contributed by atoms with Crippen molar-refractivity contribution in [3.8, 4) is 5.75 Å². The largest absolute Gasteiger partial charge is 0.509 e. The fraction of sp³-hybridized carbons (Fsp3) is 0. The van der Waals surface area contributed by atoms with Crippen molar-refractivity contribution in [2.24, 2.45) is 0 Å². The molecule has 1 nitrogen and oxygen atoms in total. The fourth-order valence-electron chi connectivity index (χ4n) is 1.34. The van der Waals surface area contributed by atoms with Crippen LogP contribution in [0.4, 0.5) is 0 Å². The molecule has 0 radical (unpaired) electrons. The van der Waals surface area contributed by atoms with Crippen molar-refractivity contribution in [1.29, 1.82) is 0 Å². The van der Waals surface area contributed by atoms with Crippen molar-refractivity contribution >= 4 is 24.1 Å². The average Bonchev–Trinajstić information content (AvgIpc) is 2.07. The first-order valence-corrected chi connectivity index (χ1v) is 3.96. The van der Waals surface area contributed by atoms with Crippen LogP contribution in [0.5, 0.6) is 5.75 Å². The van der Waals surface area contributed by atoms with Gasteiger partial charge in [-0.25, -0.2) is 0 Å². The fourth-order valence-corrected chi connectivity index (χ4v) is 1.34. The normalized spacial score (nSPS) is 10.3. The van der Waals surface area contributed by atoms with Crippen LogP contribution in [0.1, 0.15) is 0 Å². The lowest BCUT2D eigenvalue weighted by Crippen LogP contribution is -2.01. The van der Waals surface area contributed by atoms with E-state index in [4.69, 9.17) is 0 Å². The molecule has 0 aromatic heterocycles. The molecule has 12 heavy (non-hydrogen) atoms. The highest BCUT2D eigenvalue weighted by atomic mass is 16.3. The Morgan fingerprint density at radius 3 is 2.25 bits per heavy atom. The Balaban J connectivity index is 2.84. The van der Waals surface area contributed by atoms with Gasteiger partial charge in [-0.1, -0.05) is 30.3 Å². The van der Waals surface area contributed by atoms with E-state index < -0.39 is 0 Å². The minimum Gasteiger partial charge on any atom is -0.509 e. The minimum atomic E-state index is 0.369. The van der Waals surface area contributed by atoms with Crippen molar-refractivity contribution in [2.45, 2.75) is 0 Å². The van der Waals surface area contributed by atoms with Gasteiger partial charge in [-0.3, -0.25) is 0 Å². The first kappa shape index (κ1) is 7.23. The summed E-state index contributed by atoms with van der Waals surface area (Å²) >= 11 is 0. The van der Waals surface area contributed by atoms with Crippen molar-refractivity contribution < 1.29 is 5.11 Å². The summed E-state index contributed by atoms with van der Waals surface area (Å²) in [6, 6.07) is 11.8. The van der Waals surface area contributed by atoms with Crippen molar-refractivity contribution in [3.05, 3.63) is 36.4 Å². The first-order valence-electron chi connectivity index (χ1n) is 3.96. The summed E-state index contributed by atoms with van der Waals surface area (Å²) in [6.45, 7) is 0. The summed E-state index contributed by atoms with van der Waals surface area (Å²) in [7, 11) is 1.90. The molecule has 0 atom stereocenters. The van der Waals surface area contributed by atoms with Crippen LogP contribution in [0.15, 0.2) is 36.4 Å². The van der Waals surface area contributed by atoms with Crippen molar-refractivity contribution in [3.63, 3.8) is 0 Å². The third-order valence-corrected chi connectivity index (χ3v) is 2.06. The smallest absolute Gasteiger partial charge is 0.144 e. The summed E-state index contributed by atoms with van der Waals surface area (Å²) in [4.78, 5) is 0. The molecule has 0 aliphatic carbocycles. The van der Waals surface area contributed by atoms with Crippen LogP contribution < -0.4 is 5.46 Å². The topological polar surface area (TPSA) is 20.2 Å². The molecular weight excluding hydrogens is 147 g/mol. The van der Waals surface area contributed by atoms with E-state index >= 15 is 0 Å². The molecule has 0 saturated heterocycles. The van der Waals surface area contributed by atoms with E-state index in [9.17, 15) is 5.11 Å².